The van der Waals surface area contributed by atoms with Gasteiger partial charge in [0.05, 0.1) is 16.0 Å². The Hall–Kier alpha value is -3.04. The lowest BCUT2D eigenvalue weighted by Crippen LogP contribution is -2.33. The molecule has 0 atom stereocenters. The number of hydrogen-bond donors (Lipinski definition) is 1. The molecule has 8 nitrogen and oxygen atoms in total. The van der Waals surface area contributed by atoms with Crippen molar-refractivity contribution >= 4 is 33.4 Å². The number of amides is 3. The number of benzene rings is 2. The van der Waals surface area contributed by atoms with Gasteiger partial charge in [-0.1, -0.05) is 25.0 Å². The van der Waals surface area contributed by atoms with Gasteiger partial charge >= 0.3 is 0 Å². The molecule has 34 heavy (non-hydrogen) atoms. The van der Waals surface area contributed by atoms with Crippen LogP contribution in [0.4, 0.5) is 5.69 Å². The number of nitrogens with zero attached hydrogens (tertiary/aromatic N) is 2. The van der Waals surface area contributed by atoms with E-state index in [0.717, 1.165) is 36.9 Å². The third-order valence-electron chi connectivity index (χ3n) is 6.89. The molecule has 5 rings (SSSR count). The molecule has 3 aliphatic rings. The third-order valence-corrected chi connectivity index (χ3v) is 8.40. The van der Waals surface area contributed by atoms with E-state index in [1.165, 1.54) is 4.90 Å². The van der Waals surface area contributed by atoms with Crippen molar-refractivity contribution in [1.82, 2.24) is 9.62 Å². The summed E-state index contributed by atoms with van der Waals surface area (Å²) in [5, 5.41) is 0. The van der Waals surface area contributed by atoms with E-state index in [4.69, 9.17) is 0 Å². The Morgan fingerprint density at radius 3 is 2.35 bits per heavy atom. The summed E-state index contributed by atoms with van der Waals surface area (Å²) in [6.45, 7) is 0.670. The van der Waals surface area contributed by atoms with Gasteiger partial charge in [0.1, 0.15) is 0 Å². The first kappa shape index (κ1) is 22.7. The van der Waals surface area contributed by atoms with Gasteiger partial charge in [0.25, 0.3) is 11.8 Å². The predicted octanol–water partition coefficient (Wildman–Crippen LogP) is 2.87. The smallest absolute Gasteiger partial charge is 0.261 e. The molecule has 3 amide bonds. The zero-order valence-electron chi connectivity index (χ0n) is 18.8. The highest BCUT2D eigenvalue weighted by Gasteiger charge is 2.35. The van der Waals surface area contributed by atoms with Crippen LogP contribution in [0.2, 0.25) is 0 Å². The van der Waals surface area contributed by atoms with E-state index in [1.807, 2.05) is 0 Å². The Bertz CT molecular complexity index is 1230. The van der Waals surface area contributed by atoms with Gasteiger partial charge in [0.2, 0.25) is 15.9 Å². The number of carbonyl (C=O) groups excluding carboxylic acids is 3. The molecule has 2 heterocycles. The van der Waals surface area contributed by atoms with Crippen LogP contribution in [-0.4, -0.2) is 50.2 Å². The van der Waals surface area contributed by atoms with E-state index in [1.54, 1.807) is 47.4 Å². The van der Waals surface area contributed by atoms with Crippen LogP contribution in [0, 0.1) is 0 Å². The maximum atomic E-state index is 12.9. The van der Waals surface area contributed by atoms with E-state index in [0.29, 0.717) is 30.5 Å². The summed E-state index contributed by atoms with van der Waals surface area (Å²) in [6.07, 6.45) is 4.97. The van der Waals surface area contributed by atoms with Crippen LogP contribution >= 0.6 is 0 Å². The monoisotopic (exact) mass is 481 g/mol. The van der Waals surface area contributed by atoms with Crippen molar-refractivity contribution in [1.29, 1.82) is 0 Å². The van der Waals surface area contributed by atoms with E-state index in [2.05, 4.69) is 4.72 Å². The molecule has 1 N–H and O–H groups in total. The third kappa shape index (κ3) is 4.14. The van der Waals surface area contributed by atoms with Gasteiger partial charge < -0.3 is 4.90 Å². The van der Waals surface area contributed by atoms with Crippen LogP contribution in [0.1, 0.15) is 64.8 Å². The predicted molar refractivity (Wildman–Crippen MR) is 126 cm³/mol. The molecule has 178 valence electrons. The van der Waals surface area contributed by atoms with Gasteiger partial charge in [-0.15, -0.1) is 0 Å². The van der Waals surface area contributed by atoms with Crippen molar-refractivity contribution in [3.8, 4) is 0 Å². The lowest BCUT2D eigenvalue weighted by atomic mass is 10.1. The molecule has 1 saturated carbocycles. The summed E-state index contributed by atoms with van der Waals surface area (Å²) >= 11 is 0. The molecular formula is C25H27N3O5S. The van der Waals surface area contributed by atoms with E-state index < -0.39 is 10.0 Å². The Morgan fingerprint density at radius 1 is 1.00 bits per heavy atom. The van der Waals surface area contributed by atoms with Crippen molar-refractivity contribution in [3.05, 3.63) is 59.2 Å². The second-order valence-corrected chi connectivity index (χ2v) is 10.8. The van der Waals surface area contributed by atoms with Crippen LogP contribution < -0.4 is 9.62 Å². The van der Waals surface area contributed by atoms with E-state index >= 15 is 0 Å². The average molecular weight is 482 g/mol. The van der Waals surface area contributed by atoms with Gasteiger partial charge in [0.15, 0.2) is 0 Å². The first-order valence-electron chi connectivity index (χ1n) is 11.8. The summed E-state index contributed by atoms with van der Waals surface area (Å²) in [7, 11) is -3.58. The minimum Gasteiger partial charge on any atom is -0.312 e. The molecule has 9 heteroatoms. The second kappa shape index (κ2) is 8.96. The Balaban J connectivity index is 1.20. The van der Waals surface area contributed by atoms with Crippen molar-refractivity contribution in [3.63, 3.8) is 0 Å². The molecule has 1 fully saturated rings. The normalized spacial score (nSPS) is 18.0. The van der Waals surface area contributed by atoms with Gasteiger partial charge in [-0.25, -0.2) is 13.1 Å². The van der Waals surface area contributed by atoms with Crippen molar-refractivity contribution < 1.29 is 22.8 Å². The topological polar surface area (TPSA) is 104 Å². The van der Waals surface area contributed by atoms with Crippen LogP contribution in [0.5, 0.6) is 0 Å². The van der Waals surface area contributed by atoms with Crippen molar-refractivity contribution in [2.45, 2.75) is 55.9 Å². The van der Waals surface area contributed by atoms with Gasteiger partial charge in [-0.2, -0.15) is 0 Å². The summed E-state index contributed by atoms with van der Waals surface area (Å²) in [5.41, 5.74) is 2.37. The summed E-state index contributed by atoms with van der Waals surface area (Å²) in [5.74, 6) is -0.742. The quantitative estimate of drug-likeness (QED) is 0.613. The second-order valence-electron chi connectivity index (χ2n) is 9.10. The Labute approximate surface area is 199 Å². The highest BCUT2D eigenvalue weighted by molar-refractivity contribution is 7.89. The fourth-order valence-corrected chi connectivity index (χ4v) is 6.46. The summed E-state index contributed by atoms with van der Waals surface area (Å²) < 4.78 is 28.3. The molecule has 0 bridgehead atoms. The number of imide groups is 1. The molecular weight excluding hydrogens is 454 g/mol. The molecule has 0 unspecified atom stereocenters. The average Bonchev–Trinajstić information content (AvgIpc) is 3.54. The highest BCUT2D eigenvalue weighted by atomic mass is 32.2. The number of anilines is 1. The van der Waals surface area contributed by atoms with Gasteiger partial charge in [0, 0.05) is 31.2 Å². The van der Waals surface area contributed by atoms with Gasteiger partial charge in [-0.3, -0.25) is 19.3 Å². The minimum absolute atomic E-state index is 0.00139. The molecule has 0 spiro atoms. The molecule has 0 saturated heterocycles. The zero-order valence-corrected chi connectivity index (χ0v) is 19.6. The van der Waals surface area contributed by atoms with Crippen molar-refractivity contribution in [2.75, 3.05) is 18.0 Å². The molecule has 0 radical (unpaired) electrons. The van der Waals surface area contributed by atoms with E-state index in [9.17, 15) is 22.8 Å². The number of carbonyl (C=O) groups is 3. The first-order valence-corrected chi connectivity index (χ1v) is 13.2. The van der Waals surface area contributed by atoms with Crippen LogP contribution in [-0.2, 0) is 21.2 Å². The molecule has 2 aliphatic heterocycles. The molecule has 2 aromatic rings. The fraction of sp³-hybridized carbons (Fsp3) is 0.400. The number of sulfonamides is 1. The molecule has 0 aromatic heterocycles. The largest absolute Gasteiger partial charge is 0.312 e. The number of rotatable bonds is 7. The van der Waals surface area contributed by atoms with E-state index in [-0.39, 0.29) is 41.6 Å². The molecule has 1 aliphatic carbocycles. The van der Waals surface area contributed by atoms with Crippen molar-refractivity contribution in [2.24, 2.45) is 0 Å². The van der Waals surface area contributed by atoms with Crippen LogP contribution in [0.3, 0.4) is 0 Å². The zero-order chi connectivity index (χ0) is 23.9. The highest BCUT2D eigenvalue weighted by Crippen LogP contribution is 2.31. The molecule has 2 aromatic carbocycles. The van der Waals surface area contributed by atoms with Gasteiger partial charge in [-0.05, 0) is 61.6 Å². The summed E-state index contributed by atoms with van der Waals surface area (Å²) in [4.78, 5) is 40.9. The SMILES string of the molecule is O=C1c2ccccc2C(=O)N1CCCC(=O)N1CCc2cc(S(=O)(=O)NC3CCCC3)ccc21. The minimum atomic E-state index is -3.58. The fourth-order valence-electron chi connectivity index (χ4n) is 5.10. The standard InChI is InChI=1S/C25H27N3O5S/c29-23(10-5-14-28-24(30)20-8-3-4-9-21(20)25(28)31)27-15-13-17-16-19(11-12-22(17)27)34(32,33)26-18-6-1-2-7-18/h3-4,8-9,11-12,16,18,26H,1-2,5-7,10,13-15H2. The number of fused-ring (bicyclic) bond motifs is 2. The number of nitrogens with one attached hydrogen (secondary N) is 1. The lowest BCUT2D eigenvalue weighted by molar-refractivity contribution is -0.118. The Morgan fingerprint density at radius 2 is 1.68 bits per heavy atom. The summed E-state index contributed by atoms with van der Waals surface area (Å²) in [6, 6.07) is 11.7. The first-order chi connectivity index (χ1) is 16.3. The van der Waals surface area contributed by atoms with Crippen LogP contribution in [0.25, 0.3) is 0 Å². The maximum Gasteiger partial charge on any atom is 0.261 e. The maximum absolute atomic E-state index is 12.9. The lowest BCUT2D eigenvalue weighted by Gasteiger charge is -2.19. The number of hydrogen-bond acceptors (Lipinski definition) is 5. The Kier molecular flexibility index (Phi) is 5.99. The van der Waals surface area contributed by atoms with Crippen LogP contribution in [0.15, 0.2) is 47.4 Å².